The SMILES string of the molecule is c1ccc(-c2cc(-c3ccccc3)cc(N3c4ccccc4-c4c(n(-c5nc(-c6ccccc6)cc(-c6ccccc6)n5)c5ccccc45)-c4ccccc43)c2)cc1. The first-order chi connectivity index (χ1) is 28.8. The van der Waals surface area contributed by atoms with E-state index in [4.69, 9.17) is 9.97 Å². The molecule has 11 rings (SSSR count). The lowest BCUT2D eigenvalue weighted by Crippen LogP contribution is -2.12. The molecule has 0 radical (unpaired) electrons. The van der Waals surface area contributed by atoms with Gasteiger partial charge in [-0.15, -0.1) is 0 Å². The van der Waals surface area contributed by atoms with Gasteiger partial charge >= 0.3 is 0 Å². The molecule has 272 valence electrons. The topological polar surface area (TPSA) is 34.0 Å². The van der Waals surface area contributed by atoms with Crippen LogP contribution in [0.25, 0.3) is 84.0 Å². The molecule has 1 aliphatic heterocycles. The zero-order valence-electron chi connectivity index (χ0n) is 31.6. The number of fused-ring (bicyclic) bond motifs is 7. The third-order valence-corrected chi connectivity index (χ3v) is 11.1. The van der Waals surface area contributed by atoms with Gasteiger partial charge in [-0.05, 0) is 64.7 Å². The number of hydrogen-bond donors (Lipinski definition) is 0. The number of hydrogen-bond acceptors (Lipinski definition) is 3. The first-order valence-electron chi connectivity index (χ1n) is 19.7. The van der Waals surface area contributed by atoms with E-state index in [-0.39, 0.29) is 0 Å². The highest BCUT2D eigenvalue weighted by Crippen LogP contribution is 2.54. The van der Waals surface area contributed by atoms with Gasteiger partial charge in [0.05, 0.1) is 34.0 Å². The number of anilines is 3. The van der Waals surface area contributed by atoms with Crippen molar-refractivity contribution in [2.45, 2.75) is 0 Å². The van der Waals surface area contributed by atoms with Crippen LogP contribution in [0.1, 0.15) is 0 Å². The van der Waals surface area contributed by atoms with Gasteiger partial charge in [-0.2, -0.15) is 0 Å². The summed E-state index contributed by atoms with van der Waals surface area (Å²) in [6.45, 7) is 0. The summed E-state index contributed by atoms with van der Waals surface area (Å²) in [7, 11) is 0. The molecule has 0 saturated carbocycles. The Balaban J connectivity index is 1.22. The summed E-state index contributed by atoms with van der Waals surface area (Å²) in [4.78, 5) is 13.2. The van der Waals surface area contributed by atoms with Gasteiger partial charge in [-0.1, -0.05) is 176 Å². The molecule has 4 heteroatoms. The van der Waals surface area contributed by atoms with E-state index in [0.29, 0.717) is 5.95 Å². The Morgan fingerprint density at radius 3 is 1.36 bits per heavy atom. The maximum atomic E-state index is 5.40. The largest absolute Gasteiger partial charge is 0.309 e. The minimum Gasteiger partial charge on any atom is -0.309 e. The van der Waals surface area contributed by atoms with Crippen molar-refractivity contribution in [2.24, 2.45) is 0 Å². The minimum absolute atomic E-state index is 0.621. The van der Waals surface area contributed by atoms with Gasteiger partial charge in [0, 0.05) is 38.9 Å². The van der Waals surface area contributed by atoms with E-state index in [2.05, 4.69) is 216 Å². The van der Waals surface area contributed by atoms with Gasteiger partial charge < -0.3 is 4.90 Å². The number of aromatic nitrogens is 3. The number of benzene rings is 8. The Morgan fingerprint density at radius 2 is 0.793 bits per heavy atom. The maximum Gasteiger partial charge on any atom is 0.235 e. The monoisotopic (exact) mass is 740 g/mol. The molecule has 0 saturated heterocycles. The fraction of sp³-hybridized carbons (Fsp3) is 0. The fourth-order valence-corrected chi connectivity index (χ4v) is 8.52. The molecule has 2 aromatic heterocycles. The highest BCUT2D eigenvalue weighted by molar-refractivity contribution is 6.13. The molecule has 0 aliphatic carbocycles. The summed E-state index contributed by atoms with van der Waals surface area (Å²) in [6, 6.07) is 77.5. The summed E-state index contributed by atoms with van der Waals surface area (Å²) in [5.74, 6) is 0.621. The first kappa shape index (κ1) is 33.5. The molecule has 3 heterocycles. The van der Waals surface area contributed by atoms with Crippen LogP contribution in [0, 0.1) is 0 Å². The molecular formula is C54H36N4. The molecule has 8 aromatic carbocycles. The van der Waals surface area contributed by atoms with Gasteiger partial charge in [-0.25, -0.2) is 9.97 Å². The number of nitrogens with zero attached hydrogens (tertiary/aromatic N) is 4. The highest BCUT2D eigenvalue weighted by Gasteiger charge is 2.32. The lowest BCUT2D eigenvalue weighted by Gasteiger charge is -2.28. The summed E-state index contributed by atoms with van der Waals surface area (Å²) in [5.41, 5.74) is 17.2. The van der Waals surface area contributed by atoms with E-state index in [1.54, 1.807) is 0 Å². The molecule has 0 amide bonds. The zero-order valence-corrected chi connectivity index (χ0v) is 31.6. The Hall–Kier alpha value is -7.82. The number of rotatable bonds is 6. The summed E-state index contributed by atoms with van der Waals surface area (Å²) in [5, 5.41) is 1.14. The molecule has 0 spiro atoms. The standard InChI is InChI=1S/C54H36N4/c1-5-19-37(20-6-1)41-33-42(38-21-7-2-8-22-38)35-43(34-41)57-49-30-16-13-27-44(49)52-45-28-14-17-31-50(45)58(53(52)46-29-15-18-32-51(46)57)54-55-47(39-23-9-3-10-24-39)36-48(56-54)40-25-11-4-12-26-40/h1-36H. The van der Waals surface area contributed by atoms with Crippen molar-refractivity contribution in [1.82, 2.24) is 14.5 Å². The van der Waals surface area contributed by atoms with Crippen molar-refractivity contribution < 1.29 is 0 Å². The van der Waals surface area contributed by atoms with Crippen LogP contribution in [-0.4, -0.2) is 14.5 Å². The van der Waals surface area contributed by atoms with Crippen LogP contribution in [0.4, 0.5) is 17.1 Å². The maximum absolute atomic E-state index is 5.40. The van der Waals surface area contributed by atoms with Crippen LogP contribution >= 0.6 is 0 Å². The molecule has 0 fully saturated rings. The highest BCUT2D eigenvalue weighted by atomic mass is 15.2. The Bertz CT molecular complexity index is 2980. The molecule has 1 aliphatic rings. The summed E-state index contributed by atoms with van der Waals surface area (Å²) >= 11 is 0. The molecule has 0 unspecified atom stereocenters. The Morgan fingerprint density at radius 1 is 0.345 bits per heavy atom. The van der Waals surface area contributed by atoms with Crippen LogP contribution in [0.5, 0.6) is 0 Å². The quantitative estimate of drug-likeness (QED) is 0.170. The predicted octanol–water partition coefficient (Wildman–Crippen LogP) is 14.2. The van der Waals surface area contributed by atoms with E-state index in [1.807, 2.05) is 12.1 Å². The Labute approximate surface area is 337 Å². The van der Waals surface area contributed by atoms with Gasteiger partial charge in [0.15, 0.2) is 0 Å². The second kappa shape index (κ2) is 14.0. The van der Waals surface area contributed by atoms with E-state index in [1.165, 1.54) is 11.1 Å². The van der Waals surface area contributed by atoms with Crippen LogP contribution in [0.15, 0.2) is 218 Å². The molecule has 4 nitrogen and oxygen atoms in total. The van der Waals surface area contributed by atoms with Crippen molar-refractivity contribution >= 4 is 28.0 Å². The van der Waals surface area contributed by atoms with E-state index in [9.17, 15) is 0 Å². The summed E-state index contributed by atoms with van der Waals surface area (Å²) in [6.07, 6.45) is 0. The average molecular weight is 741 g/mol. The predicted molar refractivity (Wildman–Crippen MR) is 240 cm³/mol. The molecule has 0 atom stereocenters. The third kappa shape index (κ3) is 5.70. The van der Waals surface area contributed by atoms with Gasteiger partial charge in [0.2, 0.25) is 5.95 Å². The van der Waals surface area contributed by atoms with E-state index < -0.39 is 0 Å². The van der Waals surface area contributed by atoms with Gasteiger partial charge in [-0.3, -0.25) is 4.57 Å². The van der Waals surface area contributed by atoms with Crippen LogP contribution < -0.4 is 4.90 Å². The van der Waals surface area contributed by atoms with Crippen molar-refractivity contribution in [3.05, 3.63) is 218 Å². The van der Waals surface area contributed by atoms with Crippen molar-refractivity contribution in [3.63, 3.8) is 0 Å². The summed E-state index contributed by atoms with van der Waals surface area (Å²) < 4.78 is 2.29. The van der Waals surface area contributed by atoms with Crippen molar-refractivity contribution in [2.75, 3.05) is 4.90 Å². The second-order valence-electron chi connectivity index (χ2n) is 14.6. The third-order valence-electron chi connectivity index (χ3n) is 11.1. The van der Waals surface area contributed by atoms with E-state index in [0.717, 1.165) is 84.0 Å². The van der Waals surface area contributed by atoms with Crippen molar-refractivity contribution in [1.29, 1.82) is 0 Å². The molecule has 58 heavy (non-hydrogen) atoms. The smallest absolute Gasteiger partial charge is 0.235 e. The average Bonchev–Trinajstić information content (AvgIpc) is 3.59. The van der Waals surface area contributed by atoms with Crippen LogP contribution in [-0.2, 0) is 0 Å². The Kier molecular flexibility index (Phi) is 8.11. The zero-order chi connectivity index (χ0) is 38.4. The molecule has 0 N–H and O–H groups in total. The van der Waals surface area contributed by atoms with Crippen molar-refractivity contribution in [3.8, 4) is 73.1 Å². The fourth-order valence-electron chi connectivity index (χ4n) is 8.52. The van der Waals surface area contributed by atoms with Crippen LogP contribution in [0.2, 0.25) is 0 Å². The van der Waals surface area contributed by atoms with E-state index >= 15 is 0 Å². The lowest BCUT2D eigenvalue weighted by atomic mass is 9.97. The lowest BCUT2D eigenvalue weighted by molar-refractivity contribution is 0.975. The first-order valence-corrected chi connectivity index (χ1v) is 19.7. The van der Waals surface area contributed by atoms with Gasteiger partial charge in [0.25, 0.3) is 0 Å². The number of para-hydroxylation sites is 3. The van der Waals surface area contributed by atoms with Gasteiger partial charge in [0.1, 0.15) is 0 Å². The second-order valence-corrected chi connectivity index (χ2v) is 14.6. The molecular weight excluding hydrogens is 705 g/mol. The molecule has 10 aromatic rings. The van der Waals surface area contributed by atoms with Crippen LogP contribution in [0.3, 0.4) is 0 Å². The molecule has 0 bridgehead atoms. The normalized spacial score (nSPS) is 11.8. The minimum atomic E-state index is 0.621.